The summed E-state index contributed by atoms with van der Waals surface area (Å²) < 4.78 is 7.52. The molecule has 0 saturated carbocycles. The third-order valence-corrected chi connectivity index (χ3v) is 5.83. The number of aryl methyl sites for hydroxylation is 2. The molecule has 0 N–H and O–H groups in total. The number of aromatic nitrogens is 1. The quantitative estimate of drug-likeness (QED) is 0.601. The van der Waals surface area contributed by atoms with E-state index in [-0.39, 0.29) is 17.9 Å². The number of carbonyl (C=O) groups is 2. The fraction of sp³-hybridized carbons (Fsp3) is 0.333. The van der Waals surface area contributed by atoms with E-state index >= 15 is 0 Å². The van der Waals surface area contributed by atoms with Crippen LogP contribution in [0.5, 0.6) is 0 Å². The molecule has 3 aromatic rings. The van der Waals surface area contributed by atoms with E-state index < -0.39 is 0 Å². The van der Waals surface area contributed by atoms with Gasteiger partial charge in [-0.05, 0) is 44.0 Å². The number of furan rings is 1. The Labute approximate surface area is 176 Å². The van der Waals surface area contributed by atoms with Crippen LogP contribution in [-0.4, -0.2) is 51.9 Å². The summed E-state index contributed by atoms with van der Waals surface area (Å²) in [5.41, 5.74) is 3.03. The molecule has 4 rings (SSSR count). The van der Waals surface area contributed by atoms with E-state index in [1.807, 2.05) is 70.7 Å². The van der Waals surface area contributed by atoms with E-state index in [1.165, 1.54) is 0 Å². The van der Waals surface area contributed by atoms with Gasteiger partial charge in [-0.25, -0.2) is 0 Å². The maximum absolute atomic E-state index is 13.3. The Hall–Kier alpha value is -3.28. The van der Waals surface area contributed by atoms with Gasteiger partial charge in [-0.2, -0.15) is 0 Å². The Bertz CT molecular complexity index is 1090. The van der Waals surface area contributed by atoms with Gasteiger partial charge < -0.3 is 18.8 Å². The molecule has 156 valence electrons. The van der Waals surface area contributed by atoms with Crippen LogP contribution in [0.15, 0.2) is 59.7 Å². The van der Waals surface area contributed by atoms with Crippen molar-refractivity contribution in [2.45, 2.75) is 32.9 Å². The molecule has 1 fully saturated rings. The topological polar surface area (TPSA) is 58.7 Å². The SMILES string of the molecule is C=CCCn1c(C(=O)N2CCN(C(=O)c3ccccc3C)[C@H](C)C2)cc2ccoc21. The van der Waals surface area contributed by atoms with E-state index in [1.54, 1.807) is 6.26 Å². The fourth-order valence-electron chi connectivity index (χ4n) is 4.17. The molecule has 1 aliphatic rings. The Morgan fingerprint density at radius 2 is 2.00 bits per heavy atom. The molecular weight excluding hydrogens is 378 g/mol. The molecular formula is C24H27N3O3. The van der Waals surface area contributed by atoms with Gasteiger partial charge in [0.25, 0.3) is 11.8 Å². The number of piperazine rings is 1. The first-order chi connectivity index (χ1) is 14.5. The second-order valence-corrected chi connectivity index (χ2v) is 7.85. The Kier molecular flexibility index (Phi) is 5.48. The standard InChI is InChI=1S/C24H27N3O3/c1-4-5-11-27-21(15-19-10-14-30-24(19)27)23(29)25-12-13-26(18(3)16-25)22(28)20-9-7-6-8-17(20)2/h4,6-10,14-15,18H,1,5,11-13,16H2,2-3H3/t18-/m1/s1. The normalized spacial score (nSPS) is 16.8. The lowest BCUT2D eigenvalue weighted by molar-refractivity contribution is 0.0409. The highest BCUT2D eigenvalue weighted by molar-refractivity contribution is 5.98. The summed E-state index contributed by atoms with van der Waals surface area (Å²) in [6, 6.07) is 11.3. The van der Waals surface area contributed by atoms with Crippen LogP contribution < -0.4 is 0 Å². The molecule has 1 aliphatic heterocycles. The van der Waals surface area contributed by atoms with Crippen molar-refractivity contribution >= 4 is 22.9 Å². The largest absolute Gasteiger partial charge is 0.448 e. The lowest BCUT2D eigenvalue weighted by atomic mass is 10.1. The van der Waals surface area contributed by atoms with Crippen molar-refractivity contribution in [1.29, 1.82) is 0 Å². The second-order valence-electron chi connectivity index (χ2n) is 7.85. The van der Waals surface area contributed by atoms with Gasteiger partial charge >= 0.3 is 0 Å². The van der Waals surface area contributed by atoms with Crippen molar-refractivity contribution in [1.82, 2.24) is 14.4 Å². The van der Waals surface area contributed by atoms with E-state index in [0.717, 1.165) is 22.9 Å². The molecule has 6 nitrogen and oxygen atoms in total. The molecule has 1 atom stereocenters. The predicted molar refractivity (Wildman–Crippen MR) is 117 cm³/mol. The summed E-state index contributed by atoms with van der Waals surface area (Å²) in [5.74, 6) is -0.000117. The highest BCUT2D eigenvalue weighted by Gasteiger charge is 2.32. The third-order valence-electron chi connectivity index (χ3n) is 5.83. The first-order valence-corrected chi connectivity index (χ1v) is 10.3. The molecule has 6 heteroatoms. The summed E-state index contributed by atoms with van der Waals surface area (Å²) >= 11 is 0. The summed E-state index contributed by atoms with van der Waals surface area (Å²) in [5, 5.41) is 0.920. The monoisotopic (exact) mass is 405 g/mol. The molecule has 0 spiro atoms. The highest BCUT2D eigenvalue weighted by atomic mass is 16.3. The molecule has 1 saturated heterocycles. The Morgan fingerprint density at radius 3 is 2.73 bits per heavy atom. The van der Waals surface area contributed by atoms with E-state index in [9.17, 15) is 9.59 Å². The van der Waals surface area contributed by atoms with Gasteiger partial charge in [0.05, 0.1) is 6.26 Å². The highest BCUT2D eigenvalue weighted by Crippen LogP contribution is 2.24. The summed E-state index contributed by atoms with van der Waals surface area (Å²) in [7, 11) is 0. The summed E-state index contributed by atoms with van der Waals surface area (Å²) in [4.78, 5) is 30.1. The number of hydrogen-bond donors (Lipinski definition) is 0. The molecule has 0 bridgehead atoms. The third kappa shape index (κ3) is 3.54. The van der Waals surface area contributed by atoms with E-state index in [2.05, 4.69) is 6.58 Å². The first-order valence-electron chi connectivity index (χ1n) is 10.3. The van der Waals surface area contributed by atoms with Crippen LogP contribution in [0.3, 0.4) is 0 Å². The lowest BCUT2D eigenvalue weighted by Gasteiger charge is -2.40. The number of carbonyl (C=O) groups excluding carboxylic acids is 2. The van der Waals surface area contributed by atoms with Gasteiger partial charge in [-0.1, -0.05) is 24.3 Å². The van der Waals surface area contributed by atoms with Crippen LogP contribution in [0, 0.1) is 6.92 Å². The number of fused-ring (bicyclic) bond motifs is 1. The number of hydrogen-bond acceptors (Lipinski definition) is 3. The van der Waals surface area contributed by atoms with Crippen molar-refractivity contribution in [3.63, 3.8) is 0 Å². The predicted octanol–water partition coefficient (Wildman–Crippen LogP) is 4.11. The molecule has 30 heavy (non-hydrogen) atoms. The van der Waals surface area contributed by atoms with Gasteiger partial charge in [0.2, 0.25) is 5.71 Å². The zero-order valence-corrected chi connectivity index (χ0v) is 17.5. The minimum absolute atomic E-state index is 0.0274. The zero-order valence-electron chi connectivity index (χ0n) is 17.5. The number of amides is 2. The molecule has 1 aromatic carbocycles. The van der Waals surface area contributed by atoms with Gasteiger partial charge in [-0.3, -0.25) is 9.59 Å². The lowest BCUT2D eigenvalue weighted by Crippen LogP contribution is -2.55. The van der Waals surface area contributed by atoms with E-state index in [4.69, 9.17) is 4.42 Å². The van der Waals surface area contributed by atoms with Crippen LogP contribution in [0.25, 0.3) is 11.1 Å². The van der Waals surface area contributed by atoms with Gasteiger partial charge in [0.15, 0.2) is 0 Å². The number of allylic oxidation sites excluding steroid dienone is 1. The molecule has 2 aromatic heterocycles. The van der Waals surface area contributed by atoms with Crippen LogP contribution in [0.1, 0.15) is 39.8 Å². The van der Waals surface area contributed by atoms with Crippen molar-refractivity contribution in [3.8, 4) is 0 Å². The van der Waals surface area contributed by atoms with Crippen molar-refractivity contribution in [2.24, 2.45) is 0 Å². The summed E-state index contributed by atoms with van der Waals surface area (Å²) in [6.07, 6.45) is 4.22. The number of nitrogens with zero attached hydrogens (tertiary/aromatic N) is 3. The summed E-state index contributed by atoms with van der Waals surface area (Å²) in [6.45, 7) is 9.90. The van der Waals surface area contributed by atoms with Crippen LogP contribution in [-0.2, 0) is 6.54 Å². The Morgan fingerprint density at radius 1 is 1.20 bits per heavy atom. The maximum Gasteiger partial charge on any atom is 0.270 e. The zero-order chi connectivity index (χ0) is 21.3. The number of rotatable bonds is 5. The second kappa shape index (κ2) is 8.22. The minimum Gasteiger partial charge on any atom is -0.448 e. The average molecular weight is 405 g/mol. The van der Waals surface area contributed by atoms with Crippen LogP contribution in [0.2, 0.25) is 0 Å². The Balaban J connectivity index is 1.52. The van der Waals surface area contributed by atoms with Crippen molar-refractivity contribution in [2.75, 3.05) is 19.6 Å². The van der Waals surface area contributed by atoms with E-state index in [0.29, 0.717) is 37.6 Å². The molecule has 0 aliphatic carbocycles. The smallest absolute Gasteiger partial charge is 0.270 e. The first kappa shape index (κ1) is 20.0. The maximum atomic E-state index is 13.3. The van der Waals surface area contributed by atoms with Crippen LogP contribution >= 0.6 is 0 Å². The van der Waals surface area contributed by atoms with Crippen molar-refractivity contribution < 1.29 is 14.0 Å². The molecule has 0 radical (unpaired) electrons. The minimum atomic E-state index is -0.0608. The van der Waals surface area contributed by atoms with Crippen LogP contribution in [0.4, 0.5) is 0 Å². The van der Waals surface area contributed by atoms with Gasteiger partial charge in [-0.15, -0.1) is 6.58 Å². The molecule has 3 heterocycles. The van der Waals surface area contributed by atoms with Gasteiger partial charge in [0.1, 0.15) is 5.69 Å². The van der Waals surface area contributed by atoms with Crippen molar-refractivity contribution in [3.05, 3.63) is 72.1 Å². The number of benzene rings is 1. The molecule has 2 amide bonds. The molecule has 0 unspecified atom stereocenters. The van der Waals surface area contributed by atoms with Gasteiger partial charge in [0, 0.05) is 43.2 Å². The fourth-order valence-corrected chi connectivity index (χ4v) is 4.17. The average Bonchev–Trinajstić information content (AvgIpc) is 3.33.